The third-order valence-corrected chi connectivity index (χ3v) is 4.61. The molecule has 2 aromatic carbocycles. The van der Waals surface area contributed by atoms with E-state index in [9.17, 15) is 4.79 Å². The molecule has 1 aliphatic heterocycles. The maximum absolute atomic E-state index is 11.5. The van der Waals surface area contributed by atoms with Gasteiger partial charge in [-0.05, 0) is 45.3 Å². The molecule has 1 amide bonds. The molecule has 2 heterocycles. The van der Waals surface area contributed by atoms with E-state index >= 15 is 0 Å². The third-order valence-electron chi connectivity index (χ3n) is 4.03. The first-order valence-corrected chi connectivity index (χ1v) is 8.97. The molecule has 1 aliphatic rings. The Morgan fingerprint density at radius 3 is 2.85 bits per heavy atom. The van der Waals surface area contributed by atoms with Crippen LogP contribution >= 0.6 is 15.9 Å². The van der Waals surface area contributed by atoms with Gasteiger partial charge in [0.05, 0.1) is 10.9 Å². The van der Waals surface area contributed by atoms with E-state index in [4.69, 9.17) is 0 Å². The van der Waals surface area contributed by atoms with E-state index in [1.54, 1.807) is 6.20 Å². The first-order valence-electron chi connectivity index (χ1n) is 8.17. The summed E-state index contributed by atoms with van der Waals surface area (Å²) in [4.78, 5) is 20.3. The summed E-state index contributed by atoms with van der Waals surface area (Å²) in [7, 11) is 0. The minimum Gasteiger partial charge on any atom is -0.365 e. The van der Waals surface area contributed by atoms with Gasteiger partial charge in [-0.3, -0.25) is 4.79 Å². The molecule has 6 nitrogen and oxygen atoms in total. The first kappa shape index (κ1) is 16.5. The van der Waals surface area contributed by atoms with E-state index in [0.29, 0.717) is 24.7 Å². The highest BCUT2D eigenvalue weighted by atomic mass is 79.9. The summed E-state index contributed by atoms with van der Waals surface area (Å²) in [5.74, 6) is 1.22. The molecule has 26 heavy (non-hydrogen) atoms. The number of halogens is 1. The normalized spacial score (nSPS) is 12.4. The van der Waals surface area contributed by atoms with Gasteiger partial charge in [0, 0.05) is 24.1 Å². The predicted molar refractivity (Wildman–Crippen MR) is 106 cm³/mol. The number of hydrogen-bond acceptors (Lipinski definition) is 5. The molecule has 0 bridgehead atoms. The number of aromatic nitrogens is 2. The van der Waals surface area contributed by atoms with E-state index in [0.717, 1.165) is 21.4 Å². The monoisotopic (exact) mass is 409 g/mol. The lowest BCUT2D eigenvalue weighted by Gasteiger charge is -2.11. The van der Waals surface area contributed by atoms with Crippen molar-refractivity contribution in [3.8, 4) is 0 Å². The van der Waals surface area contributed by atoms with Crippen molar-refractivity contribution in [2.24, 2.45) is 0 Å². The largest absolute Gasteiger partial charge is 0.365 e. The Kier molecular flexibility index (Phi) is 4.53. The highest BCUT2D eigenvalue weighted by molar-refractivity contribution is 9.10. The highest BCUT2D eigenvalue weighted by Gasteiger charge is 2.17. The number of carbonyl (C=O) groups is 1. The van der Waals surface area contributed by atoms with Crippen LogP contribution in [0.4, 0.5) is 23.1 Å². The summed E-state index contributed by atoms with van der Waals surface area (Å²) < 4.78 is 0.794. The number of carbonyl (C=O) groups excluding carboxylic acids is 1. The van der Waals surface area contributed by atoms with E-state index in [2.05, 4.69) is 54.0 Å². The summed E-state index contributed by atoms with van der Waals surface area (Å²) in [5.41, 5.74) is 3.85. The zero-order chi connectivity index (χ0) is 17.9. The summed E-state index contributed by atoms with van der Waals surface area (Å²) in [6.07, 6.45) is 2.11. The van der Waals surface area contributed by atoms with Crippen molar-refractivity contribution in [3.63, 3.8) is 0 Å². The fraction of sp³-hybridized carbons (Fsp3) is 0.105. The van der Waals surface area contributed by atoms with Crippen LogP contribution in [0.1, 0.15) is 11.1 Å². The van der Waals surface area contributed by atoms with Crippen molar-refractivity contribution in [1.29, 1.82) is 0 Å². The number of amides is 1. The maximum atomic E-state index is 11.5. The molecule has 0 saturated heterocycles. The Balaban J connectivity index is 1.49. The van der Waals surface area contributed by atoms with E-state index in [-0.39, 0.29) is 5.91 Å². The number of nitrogens with zero attached hydrogens (tertiary/aromatic N) is 2. The first-order chi connectivity index (χ1) is 12.7. The number of anilines is 4. The number of hydrogen-bond donors (Lipinski definition) is 3. The standard InChI is InChI=1S/C19H16BrN5O/c20-15-11-22-19(25-18(15)21-10-12-4-2-1-3-5-12)23-14-6-7-16-13(8-14)9-17(26)24-16/h1-8,11H,9-10H2,(H,24,26)(H2,21,22,23,25). The summed E-state index contributed by atoms with van der Waals surface area (Å²) in [5, 5.41) is 9.33. The molecular formula is C19H16BrN5O. The molecule has 0 aliphatic carbocycles. The van der Waals surface area contributed by atoms with Gasteiger partial charge in [-0.15, -0.1) is 0 Å². The maximum Gasteiger partial charge on any atom is 0.229 e. The molecule has 0 radical (unpaired) electrons. The number of rotatable bonds is 5. The molecule has 0 atom stereocenters. The second-order valence-corrected chi connectivity index (χ2v) is 6.81. The SMILES string of the molecule is O=C1Cc2cc(Nc3ncc(Br)c(NCc4ccccc4)n3)ccc2N1. The molecule has 3 N–H and O–H groups in total. The summed E-state index contributed by atoms with van der Waals surface area (Å²) in [6, 6.07) is 15.8. The Bertz CT molecular complexity index is 961. The highest BCUT2D eigenvalue weighted by Crippen LogP contribution is 2.28. The van der Waals surface area contributed by atoms with Crippen LogP contribution in [0.15, 0.2) is 59.2 Å². The predicted octanol–water partition coefficient (Wildman–Crippen LogP) is 4.09. The minimum atomic E-state index is 0.0180. The molecule has 0 saturated carbocycles. The lowest BCUT2D eigenvalue weighted by molar-refractivity contribution is -0.115. The quantitative estimate of drug-likeness (QED) is 0.591. The Labute approximate surface area is 159 Å². The topological polar surface area (TPSA) is 78.9 Å². The van der Waals surface area contributed by atoms with Crippen LogP contribution in [-0.2, 0) is 17.8 Å². The minimum absolute atomic E-state index is 0.0180. The van der Waals surface area contributed by atoms with Crippen LogP contribution in [0.25, 0.3) is 0 Å². The summed E-state index contributed by atoms with van der Waals surface area (Å²) >= 11 is 3.48. The number of nitrogens with one attached hydrogen (secondary N) is 3. The van der Waals surface area contributed by atoms with Crippen LogP contribution in [0.3, 0.4) is 0 Å². The third kappa shape index (κ3) is 3.67. The molecule has 0 spiro atoms. The van der Waals surface area contributed by atoms with E-state index in [1.165, 1.54) is 5.56 Å². The molecule has 130 valence electrons. The molecule has 1 aromatic heterocycles. The van der Waals surface area contributed by atoms with Gasteiger partial charge in [0.2, 0.25) is 11.9 Å². The second-order valence-electron chi connectivity index (χ2n) is 5.95. The molecular weight excluding hydrogens is 394 g/mol. The van der Waals surface area contributed by atoms with Crippen molar-refractivity contribution in [1.82, 2.24) is 9.97 Å². The lowest BCUT2D eigenvalue weighted by Crippen LogP contribution is -2.05. The fourth-order valence-corrected chi connectivity index (χ4v) is 3.10. The zero-order valence-corrected chi connectivity index (χ0v) is 15.4. The Morgan fingerprint density at radius 1 is 1.15 bits per heavy atom. The lowest BCUT2D eigenvalue weighted by atomic mass is 10.1. The van der Waals surface area contributed by atoms with Gasteiger partial charge in [0.25, 0.3) is 0 Å². The van der Waals surface area contributed by atoms with Gasteiger partial charge < -0.3 is 16.0 Å². The van der Waals surface area contributed by atoms with Crippen LogP contribution in [-0.4, -0.2) is 15.9 Å². The van der Waals surface area contributed by atoms with Gasteiger partial charge in [0.1, 0.15) is 5.82 Å². The molecule has 3 aromatic rings. The number of benzene rings is 2. The molecule has 4 rings (SSSR count). The van der Waals surface area contributed by atoms with Crippen LogP contribution < -0.4 is 16.0 Å². The number of fused-ring (bicyclic) bond motifs is 1. The Hall–Kier alpha value is -2.93. The van der Waals surface area contributed by atoms with Crippen LogP contribution in [0, 0.1) is 0 Å². The average molecular weight is 410 g/mol. The van der Waals surface area contributed by atoms with Crippen LogP contribution in [0.2, 0.25) is 0 Å². The van der Waals surface area contributed by atoms with Gasteiger partial charge in [-0.1, -0.05) is 30.3 Å². The van der Waals surface area contributed by atoms with Crippen molar-refractivity contribution in [2.45, 2.75) is 13.0 Å². The van der Waals surface area contributed by atoms with Crippen molar-refractivity contribution in [2.75, 3.05) is 16.0 Å². The smallest absolute Gasteiger partial charge is 0.229 e. The van der Waals surface area contributed by atoms with Crippen molar-refractivity contribution < 1.29 is 4.79 Å². The molecule has 0 fully saturated rings. The Morgan fingerprint density at radius 2 is 2.00 bits per heavy atom. The van der Waals surface area contributed by atoms with E-state index < -0.39 is 0 Å². The molecule has 0 unspecified atom stereocenters. The van der Waals surface area contributed by atoms with Gasteiger partial charge in [-0.25, -0.2) is 4.98 Å². The molecule has 7 heteroatoms. The second kappa shape index (κ2) is 7.13. The summed E-state index contributed by atoms with van der Waals surface area (Å²) in [6.45, 7) is 0.669. The van der Waals surface area contributed by atoms with Gasteiger partial charge in [0.15, 0.2) is 0 Å². The van der Waals surface area contributed by atoms with Gasteiger partial charge >= 0.3 is 0 Å². The zero-order valence-electron chi connectivity index (χ0n) is 13.8. The average Bonchev–Trinajstić information content (AvgIpc) is 3.02. The van der Waals surface area contributed by atoms with Gasteiger partial charge in [-0.2, -0.15) is 4.98 Å². The van der Waals surface area contributed by atoms with Crippen molar-refractivity contribution in [3.05, 3.63) is 70.3 Å². The van der Waals surface area contributed by atoms with Crippen molar-refractivity contribution >= 4 is 45.0 Å². The van der Waals surface area contributed by atoms with E-state index in [1.807, 2.05) is 36.4 Å². The fourth-order valence-electron chi connectivity index (χ4n) is 2.77. The van der Waals surface area contributed by atoms with Crippen LogP contribution in [0.5, 0.6) is 0 Å².